The standard InChI is InChI=1S/C17H19BrF3N3O5/c1-16(2,3)29-15(26)23-7-6-22(8-10(23)9-25)14-12(24(27)28)5-4-11(18)13(14)17(19,20)21/h4-5,9-10H,6-8H2,1-3H3/t10-/m1/s1. The Kier molecular flexibility index (Phi) is 6.45. The highest BCUT2D eigenvalue weighted by Gasteiger charge is 2.43. The van der Waals surface area contributed by atoms with Gasteiger partial charge in [0.2, 0.25) is 0 Å². The number of carbonyl (C=O) groups excluding carboxylic acids is 2. The Morgan fingerprint density at radius 2 is 1.93 bits per heavy atom. The van der Waals surface area contributed by atoms with Crippen molar-refractivity contribution in [2.45, 2.75) is 38.6 Å². The maximum Gasteiger partial charge on any atom is 0.419 e. The second-order valence-electron chi connectivity index (χ2n) is 7.37. The van der Waals surface area contributed by atoms with Crippen LogP contribution in [0.1, 0.15) is 26.3 Å². The molecule has 12 heteroatoms. The highest BCUT2D eigenvalue weighted by atomic mass is 79.9. The van der Waals surface area contributed by atoms with Crippen LogP contribution in [0.25, 0.3) is 0 Å². The first-order valence-electron chi connectivity index (χ1n) is 8.50. The van der Waals surface area contributed by atoms with Crippen molar-refractivity contribution >= 4 is 39.7 Å². The molecule has 0 aromatic heterocycles. The van der Waals surface area contributed by atoms with Gasteiger partial charge < -0.3 is 14.4 Å². The van der Waals surface area contributed by atoms with E-state index < -0.39 is 45.8 Å². The molecule has 1 fully saturated rings. The van der Waals surface area contributed by atoms with E-state index in [0.29, 0.717) is 6.29 Å². The maximum atomic E-state index is 13.6. The smallest absolute Gasteiger partial charge is 0.419 e. The number of nitrogens with zero attached hydrogens (tertiary/aromatic N) is 3. The Bertz CT molecular complexity index is 826. The largest absolute Gasteiger partial charge is 0.444 e. The summed E-state index contributed by atoms with van der Waals surface area (Å²) in [6, 6.07) is 0.793. The molecule has 2 rings (SSSR count). The fourth-order valence-electron chi connectivity index (χ4n) is 2.97. The van der Waals surface area contributed by atoms with E-state index in [9.17, 15) is 32.9 Å². The molecular weight excluding hydrogens is 463 g/mol. The van der Waals surface area contributed by atoms with Gasteiger partial charge in [0.1, 0.15) is 29.2 Å². The van der Waals surface area contributed by atoms with Crippen LogP contribution in [-0.2, 0) is 15.7 Å². The van der Waals surface area contributed by atoms with Crippen molar-refractivity contribution in [3.05, 3.63) is 32.3 Å². The highest BCUT2D eigenvalue weighted by molar-refractivity contribution is 9.10. The number of alkyl halides is 3. The maximum absolute atomic E-state index is 13.6. The number of nitro groups is 1. The van der Waals surface area contributed by atoms with Gasteiger partial charge in [-0.25, -0.2) is 4.79 Å². The Morgan fingerprint density at radius 1 is 1.31 bits per heavy atom. The van der Waals surface area contributed by atoms with E-state index in [4.69, 9.17) is 4.74 Å². The van der Waals surface area contributed by atoms with Crippen LogP contribution in [0.3, 0.4) is 0 Å². The Balaban J connectivity index is 2.45. The number of benzene rings is 1. The van der Waals surface area contributed by atoms with Gasteiger partial charge in [-0.1, -0.05) is 15.9 Å². The molecule has 0 spiro atoms. The normalized spacial score (nSPS) is 17.8. The van der Waals surface area contributed by atoms with Crippen molar-refractivity contribution in [2.75, 3.05) is 24.5 Å². The van der Waals surface area contributed by atoms with Crippen molar-refractivity contribution in [3.8, 4) is 0 Å². The molecule has 1 heterocycles. The van der Waals surface area contributed by atoms with Gasteiger partial charge in [-0.15, -0.1) is 0 Å². The number of carbonyl (C=O) groups is 2. The molecule has 1 aliphatic rings. The van der Waals surface area contributed by atoms with E-state index >= 15 is 0 Å². The van der Waals surface area contributed by atoms with Gasteiger partial charge in [-0.3, -0.25) is 15.0 Å². The number of piperazine rings is 1. The molecule has 0 bridgehead atoms. The van der Waals surface area contributed by atoms with Gasteiger partial charge in [0.25, 0.3) is 5.69 Å². The molecule has 0 N–H and O–H groups in total. The third-order valence-corrected chi connectivity index (χ3v) is 4.77. The number of anilines is 1. The first-order valence-corrected chi connectivity index (χ1v) is 9.29. The van der Waals surface area contributed by atoms with Crippen LogP contribution in [0.5, 0.6) is 0 Å². The lowest BCUT2D eigenvalue weighted by Crippen LogP contribution is -2.57. The number of hydrogen-bond acceptors (Lipinski definition) is 6. The summed E-state index contributed by atoms with van der Waals surface area (Å²) in [6.45, 7) is 4.28. The Hall–Kier alpha value is -2.37. The zero-order valence-corrected chi connectivity index (χ0v) is 17.4. The lowest BCUT2D eigenvalue weighted by Gasteiger charge is -2.40. The number of nitro benzene ring substituents is 1. The second kappa shape index (κ2) is 8.17. The first-order chi connectivity index (χ1) is 13.3. The molecule has 1 saturated heterocycles. The molecule has 0 radical (unpaired) electrons. The number of amides is 1. The number of hydrogen-bond donors (Lipinski definition) is 0. The van der Waals surface area contributed by atoms with Gasteiger partial charge in [0.15, 0.2) is 0 Å². The lowest BCUT2D eigenvalue weighted by atomic mass is 10.1. The third kappa shape index (κ3) is 5.17. The van der Waals surface area contributed by atoms with Crippen molar-refractivity contribution in [2.24, 2.45) is 0 Å². The molecule has 1 aromatic rings. The number of ether oxygens (including phenoxy) is 1. The van der Waals surface area contributed by atoms with Gasteiger partial charge in [-0.05, 0) is 26.8 Å². The summed E-state index contributed by atoms with van der Waals surface area (Å²) < 4.78 is 45.8. The van der Waals surface area contributed by atoms with Crippen LogP contribution in [0.4, 0.5) is 29.3 Å². The third-order valence-electron chi connectivity index (χ3n) is 4.11. The molecule has 160 valence electrons. The zero-order valence-electron chi connectivity index (χ0n) is 15.8. The minimum atomic E-state index is -4.88. The molecule has 1 aliphatic heterocycles. The van der Waals surface area contributed by atoms with E-state index in [1.807, 2.05) is 0 Å². The molecule has 0 unspecified atom stereocenters. The van der Waals surface area contributed by atoms with E-state index in [2.05, 4.69) is 15.9 Å². The summed E-state index contributed by atoms with van der Waals surface area (Å²) >= 11 is 2.81. The number of halogens is 4. The zero-order chi connectivity index (χ0) is 22.1. The fraction of sp³-hybridized carbons (Fsp3) is 0.529. The minimum absolute atomic E-state index is 0.140. The van der Waals surface area contributed by atoms with Crippen LogP contribution in [0.15, 0.2) is 16.6 Å². The summed E-state index contributed by atoms with van der Waals surface area (Å²) in [5.74, 6) is 0. The topological polar surface area (TPSA) is 93.0 Å². The summed E-state index contributed by atoms with van der Waals surface area (Å²) in [5.41, 5.74) is -3.42. The van der Waals surface area contributed by atoms with Crippen molar-refractivity contribution in [3.63, 3.8) is 0 Å². The molecule has 0 aliphatic carbocycles. The van der Waals surface area contributed by atoms with Crippen LogP contribution >= 0.6 is 15.9 Å². The van der Waals surface area contributed by atoms with E-state index in [-0.39, 0.29) is 24.1 Å². The number of rotatable bonds is 3. The second-order valence-corrected chi connectivity index (χ2v) is 8.22. The van der Waals surface area contributed by atoms with E-state index in [1.54, 1.807) is 20.8 Å². The van der Waals surface area contributed by atoms with Crippen molar-refractivity contribution in [1.29, 1.82) is 0 Å². The molecule has 1 amide bonds. The monoisotopic (exact) mass is 481 g/mol. The summed E-state index contributed by atoms with van der Waals surface area (Å²) in [4.78, 5) is 36.5. The Morgan fingerprint density at radius 3 is 2.41 bits per heavy atom. The average Bonchev–Trinajstić information content (AvgIpc) is 2.57. The van der Waals surface area contributed by atoms with Crippen LogP contribution in [-0.4, -0.2) is 53.5 Å². The quantitative estimate of drug-likeness (QED) is 0.368. The van der Waals surface area contributed by atoms with Gasteiger partial charge in [0.05, 0.1) is 4.92 Å². The van der Waals surface area contributed by atoms with Gasteiger partial charge >= 0.3 is 12.3 Å². The molecule has 1 aromatic carbocycles. The molecule has 29 heavy (non-hydrogen) atoms. The predicted octanol–water partition coefficient (Wildman–Crippen LogP) is 4.00. The summed E-state index contributed by atoms with van der Waals surface area (Å²) in [5, 5.41) is 11.4. The van der Waals surface area contributed by atoms with Crippen molar-refractivity contribution in [1.82, 2.24) is 4.90 Å². The van der Waals surface area contributed by atoms with Gasteiger partial charge in [-0.2, -0.15) is 13.2 Å². The SMILES string of the molecule is CC(C)(C)OC(=O)N1CCN(c2c([N+](=O)[O-])ccc(Br)c2C(F)(F)F)C[C@@H]1C=O. The van der Waals surface area contributed by atoms with E-state index in [0.717, 1.165) is 21.9 Å². The molecule has 1 atom stereocenters. The number of aldehydes is 1. The van der Waals surface area contributed by atoms with Crippen LogP contribution < -0.4 is 4.90 Å². The molecule has 0 saturated carbocycles. The lowest BCUT2D eigenvalue weighted by molar-refractivity contribution is -0.384. The van der Waals surface area contributed by atoms with Gasteiger partial charge in [0, 0.05) is 30.2 Å². The van der Waals surface area contributed by atoms with Crippen LogP contribution in [0.2, 0.25) is 0 Å². The fourth-order valence-corrected chi connectivity index (χ4v) is 3.51. The minimum Gasteiger partial charge on any atom is -0.444 e. The molecule has 8 nitrogen and oxygen atoms in total. The van der Waals surface area contributed by atoms with E-state index in [1.165, 1.54) is 0 Å². The summed E-state index contributed by atoms with van der Waals surface area (Å²) in [7, 11) is 0. The Labute approximate surface area is 172 Å². The first kappa shape index (κ1) is 22.9. The van der Waals surface area contributed by atoms with Crippen molar-refractivity contribution < 1.29 is 32.4 Å². The molecular formula is C17H19BrF3N3O5. The highest BCUT2D eigenvalue weighted by Crippen LogP contribution is 2.46. The summed E-state index contributed by atoms with van der Waals surface area (Å²) in [6.07, 6.45) is -5.25. The predicted molar refractivity (Wildman–Crippen MR) is 101 cm³/mol. The van der Waals surface area contributed by atoms with Crippen LogP contribution in [0, 0.1) is 10.1 Å². The average molecular weight is 482 g/mol.